The van der Waals surface area contributed by atoms with Gasteiger partial charge in [-0.15, -0.1) is 18.3 Å². The van der Waals surface area contributed by atoms with Crippen LogP contribution in [0.4, 0.5) is 4.79 Å². The molecule has 6 nitrogen and oxygen atoms in total. The van der Waals surface area contributed by atoms with Gasteiger partial charge in [-0.1, -0.05) is 24.3 Å². The minimum atomic E-state index is -0.763. The Morgan fingerprint density at radius 3 is 2.96 bits per heavy atom. The molecule has 2 bridgehead atoms. The average Bonchev–Trinajstić information content (AvgIpc) is 3.01. The maximum absolute atomic E-state index is 11.9. The van der Waals surface area contributed by atoms with Crippen molar-refractivity contribution < 1.29 is 19.4 Å². The molecule has 0 saturated carbocycles. The highest BCUT2D eigenvalue weighted by Gasteiger charge is 2.51. The third kappa shape index (κ3) is 3.69. The second-order valence-corrected chi connectivity index (χ2v) is 6.68. The fourth-order valence-electron chi connectivity index (χ4n) is 2.71. The highest BCUT2D eigenvalue weighted by Crippen LogP contribution is 2.38. The van der Waals surface area contributed by atoms with Crippen LogP contribution in [0.3, 0.4) is 0 Å². The highest BCUT2D eigenvalue weighted by molar-refractivity contribution is 8.00. The monoisotopic (exact) mass is 336 g/mol. The molecule has 2 amide bonds. The van der Waals surface area contributed by atoms with Crippen LogP contribution in [0.5, 0.6) is 0 Å². The SMILES string of the molecule is C=CCNC(=O)N[C@H]1[C@H](O)[C@@H](Sc2ccccc2)[C@@H]2OC[C@H]1O2. The summed E-state index contributed by atoms with van der Waals surface area (Å²) in [6, 6.07) is 8.89. The summed E-state index contributed by atoms with van der Waals surface area (Å²) in [6.07, 6.45) is 0.0309. The number of carbonyl (C=O) groups is 1. The molecule has 2 aliphatic heterocycles. The molecule has 2 aliphatic rings. The molecule has 1 aromatic rings. The smallest absolute Gasteiger partial charge is 0.315 e. The lowest BCUT2D eigenvalue weighted by molar-refractivity contribution is -0.121. The summed E-state index contributed by atoms with van der Waals surface area (Å²) in [7, 11) is 0. The van der Waals surface area contributed by atoms with Crippen molar-refractivity contribution in [3.63, 3.8) is 0 Å². The number of rotatable bonds is 5. The number of hydrogen-bond acceptors (Lipinski definition) is 5. The molecule has 1 aromatic carbocycles. The first-order valence-electron chi connectivity index (χ1n) is 7.51. The summed E-state index contributed by atoms with van der Waals surface area (Å²) in [5, 5.41) is 15.8. The quantitative estimate of drug-likeness (QED) is 0.702. The van der Waals surface area contributed by atoms with E-state index in [-0.39, 0.29) is 17.4 Å². The normalized spacial score (nSPS) is 32.3. The van der Waals surface area contributed by atoms with E-state index in [0.717, 1.165) is 4.90 Å². The zero-order valence-corrected chi connectivity index (χ0v) is 13.4. The van der Waals surface area contributed by atoms with Crippen LogP contribution in [0, 0.1) is 0 Å². The minimum Gasteiger partial charge on any atom is -0.389 e. The van der Waals surface area contributed by atoms with E-state index in [1.165, 1.54) is 11.8 Å². The Balaban J connectivity index is 1.69. The second-order valence-electron chi connectivity index (χ2n) is 5.43. The molecular weight excluding hydrogens is 316 g/mol. The Labute approximate surface area is 139 Å². The third-order valence-electron chi connectivity index (χ3n) is 3.83. The maximum Gasteiger partial charge on any atom is 0.315 e. The van der Waals surface area contributed by atoms with Gasteiger partial charge in [-0.2, -0.15) is 0 Å². The van der Waals surface area contributed by atoms with Crippen molar-refractivity contribution >= 4 is 17.8 Å². The summed E-state index contributed by atoms with van der Waals surface area (Å²) in [6.45, 7) is 4.27. The highest BCUT2D eigenvalue weighted by atomic mass is 32.2. The van der Waals surface area contributed by atoms with Crippen molar-refractivity contribution in [1.29, 1.82) is 0 Å². The van der Waals surface area contributed by atoms with E-state index in [2.05, 4.69) is 17.2 Å². The van der Waals surface area contributed by atoms with Crippen LogP contribution in [0.2, 0.25) is 0 Å². The zero-order chi connectivity index (χ0) is 16.2. The summed E-state index contributed by atoms with van der Waals surface area (Å²) < 4.78 is 11.4. The molecule has 0 aliphatic carbocycles. The number of aliphatic hydroxyl groups excluding tert-OH is 1. The van der Waals surface area contributed by atoms with E-state index >= 15 is 0 Å². The van der Waals surface area contributed by atoms with Crippen molar-refractivity contribution in [3.05, 3.63) is 43.0 Å². The minimum absolute atomic E-state index is 0.305. The van der Waals surface area contributed by atoms with E-state index < -0.39 is 18.4 Å². The molecule has 3 N–H and O–H groups in total. The number of fused-ring (bicyclic) bond motifs is 2. The van der Waals surface area contributed by atoms with Gasteiger partial charge >= 0.3 is 6.03 Å². The van der Waals surface area contributed by atoms with Crippen LogP contribution in [0.1, 0.15) is 0 Å². The van der Waals surface area contributed by atoms with Crippen LogP contribution >= 0.6 is 11.8 Å². The Kier molecular flexibility index (Phi) is 5.22. The Morgan fingerprint density at radius 1 is 1.43 bits per heavy atom. The predicted octanol–water partition coefficient (Wildman–Crippen LogP) is 1.12. The van der Waals surface area contributed by atoms with E-state index in [0.29, 0.717) is 13.2 Å². The summed E-state index contributed by atoms with van der Waals surface area (Å²) in [5.41, 5.74) is 0. The number of hydrogen-bond donors (Lipinski definition) is 3. The molecule has 2 heterocycles. The van der Waals surface area contributed by atoms with E-state index in [1.807, 2.05) is 30.3 Å². The number of nitrogens with one attached hydrogen (secondary N) is 2. The van der Waals surface area contributed by atoms with Crippen LogP contribution in [0.15, 0.2) is 47.9 Å². The average molecular weight is 336 g/mol. The van der Waals surface area contributed by atoms with E-state index in [9.17, 15) is 9.90 Å². The van der Waals surface area contributed by atoms with Gasteiger partial charge in [0.15, 0.2) is 6.29 Å². The molecule has 124 valence electrons. The van der Waals surface area contributed by atoms with Crippen molar-refractivity contribution in [2.24, 2.45) is 0 Å². The van der Waals surface area contributed by atoms with Gasteiger partial charge in [-0.05, 0) is 12.1 Å². The fourth-order valence-corrected chi connectivity index (χ4v) is 3.90. The lowest BCUT2D eigenvalue weighted by atomic mass is 10.0. The van der Waals surface area contributed by atoms with Crippen LogP contribution in [-0.2, 0) is 9.47 Å². The van der Waals surface area contributed by atoms with E-state index in [4.69, 9.17) is 9.47 Å². The van der Waals surface area contributed by atoms with Crippen molar-refractivity contribution in [1.82, 2.24) is 10.6 Å². The van der Waals surface area contributed by atoms with Gasteiger partial charge in [-0.3, -0.25) is 0 Å². The van der Waals surface area contributed by atoms with E-state index in [1.54, 1.807) is 6.08 Å². The largest absolute Gasteiger partial charge is 0.389 e. The van der Waals surface area contributed by atoms with Gasteiger partial charge in [0.2, 0.25) is 0 Å². The first-order chi connectivity index (χ1) is 11.2. The Bertz CT molecular complexity index is 556. The standard InChI is InChI=1S/C16H20N2O4S/c1-2-8-17-16(20)18-12-11-9-21-15(22-11)14(13(12)19)23-10-6-4-3-5-7-10/h2-7,11-15,19H,1,8-9H2,(H2,17,18,20)/t11-,12-,13+,14-,15-/m1/s1. The second kappa shape index (κ2) is 7.35. The van der Waals surface area contributed by atoms with Gasteiger partial charge in [0.25, 0.3) is 0 Å². The lowest BCUT2D eigenvalue weighted by Gasteiger charge is -2.38. The first kappa shape index (κ1) is 16.3. The van der Waals surface area contributed by atoms with Gasteiger partial charge in [0.1, 0.15) is 6.10 Å². The van der Waals surface area contributed by atoms with Crippen LogP contribution < -0.4 is 10.6 Å². The zero-order valence-electron chi connectivity index (χ0n) is 12.6. The van der Waals surface area contributed by atoms with Gasteiger partial charge in [0.05, 0.1) is 24.0 Å². The summed E-state index contributed by atoms with van der Waals surface area (Å²) in [4.78, 5) is 12.9. The lowest BCUT2D eigenvalue weighted by Crippen LogP contribution is -2.61. The summed E-state index contributed by atoms with van der Waals surface area (Å²) in [5.74, 6) is 0. The van der Waals surface area contributed by atoms with Crippen LogP contribution in [-0.4, -0.2) is 54.1 Å². The number of carbonyl (C=O) groups excluding carboxylic acids is 1. The molecule has 0 aromatic heterocycles. The molecule has 2 fully saturated rings. The predicted molar refractivity (Wildman–Crippen MR) is 87.2 cm³/mol. The fraction of sp³-hybridized carbons (Fsp3) is 0.438. The Morgan fingerprint density at radius 2 is 2.22 bits per heavy atom. The summed E-state index contributed by atoms with van der Waals surface area (Å²) >= 11 is 1.49. The molecule has 2 saturated heterocycles. The molecule has 0 spiro atoms. The molecule has 3 rings (SSSR count). The number of ether oxygens (including phenoxy) is 2. The van der Waals surface area contributed by atoms with Crippen molar-refractivity contribution in [3.8, 4) is 0 Å². The first-order valence-corrected chi connectivity index (χ1v) is 8.39. The maximum atomic E-state index is 11.9. The van der Waals surface area contributed by atoms with Crippen molar-refractivity contribution in [2.75, 3.05) is 13.2 Å². The molecule has 7 heteroatoms. The van der Waals surface area contributed by atoms with Crippen LogP contribution in [0.25, 0.3) is 0 Å². The Hall–Kier alpha value is -1.54. The molecular formula is C16H20N2O4S. The molecule has 5 atom stereocenters. The number of aliphatic hydroxyl groups is 1. The number of thioether (sulfide) groups is 1. The number of amides is 2. The van der Waals surface area contributed by atoms with Crippen molar-refractivity contribution in [2.45, 2.75) is 34.7 Å². The topological polar surface area (TPSA) is 79.8 Å². The third-order valence-corrected chi connectivity index (χ3v) is 5.14. The molecule has 0 unspecified atom stereocenters. The molecule has 0 radical (unpaired) electrons. The van der Waals surface area contributed by atoms with Gasteiger partial charge in [-0.25, -0.2) is 4.79 Å². The van der Waals surface area contributed by atoms with Gasteiger partial charge in [0, 0.05) is 11.4 Å². The number of benzene rings is 1. The molecule has 23 heavy (non-hydrogen) atoms. The van der Waals surface area contributed by atoms with Gasteiger partial charge < -0.3 is 25.2 Å². The number of urea groups is 1.